The number of hydrogen-bond donors (Lipinski definition) is 1. The Morgan fingerprint density at radius 3 is 2.84 bits per heavy atom. The number of likely N-dealkylation sites (tertiary alicyclic amines) is 1. The van der Waals surface area contributed by atoms with Crippen molar-refractivity contribution in [2.75, 3.05) is 32.1 Å². The number of halogens is 1. The van der Waals surface area contributed by atoms with Gasteiger partial charge in [-0.3, -0.25) is 0 Å². The highest BCUT2D eigenvalue weighted by Crippen LogP contribution is 2.24. The van der Waals surface area contributed by atoms with Crippen LogP contribution in [0.15, 0.2) is 18.2 Å². The molecule has 1 aromatic carbocycles. The lowest BCUT2D eigenvalue weighted by Crippen LogP contribution is -2.45. The zero-order valence-corrected chi connectivity index (χ0v) is 11.3. The van der Waals surface area contributed by atoms with E-state index in [1.807, 2.05) is 11.9 Å². The molecule has 19 heavy (non-hydrogen) atoms. The van der Waals surface area contributed by atoms with Gasteiger partial charge in [0, 0.05) is 19.6 Å². The van der Waals surface area contributed by atoms with Gasteiger partial charge in [0.15, 0.2) is 0 Å². The Morgan fingerprint density at radius 2 is 2.26 bits per heavy atom. The average molecular weight is 266 g/mol. The molecule has 1 unspecified atom stereocenters. The van der Waals surface area contributed by atoms with Crippen molar-refractivity contribution in [3.05, 3.63) is 29.6 Å². The minimum absolute atomic E-state index is 0.0181. The molecule has 1 atom stereocenters. The highest BCUT2D eigenvalue weighted by Gasteiger charge is 2.23. The third kappa shape index (κ3) is 3.04. The summed E-state index contributed by atoms with van der Waals surface area (Å²) in [5.41, 5.74) is 0.445. The van der Waals surface area contributed by atoms with Crippen LogP contribution >= 0.6 is 0 Å². The van der Waals surface area contributed by atoms with E-state index in [-0.39, 0.29) is 11.6 Å². The number of carbonyl (C=O) groups is 1. The third-order valence-corrected chi connectivity index (χ3v) is 3.72. The number of carboxylic acids is 1. The minimum Gasteiger partial charge on any atom is -0.478 e. The summed E-state index contributed by atoms with van der Waals surface area (Å²) >= 11 is 0. The maximum atomic E-state index is 14.0. The molecular weight excluding hydrogens is 247 g/mol. The topological polar surface area (TPSA) is 43.8 Å². The Bertz CT molecular complexity index is 479. The van der Waals surface area contributed by atoms with Crippen molar-refractivity contribution in [3.63, 3.8) is 0 Å². The van der Waals surface area contributed by atoms with Gasteiger partial charge < -0.3 is 14.9 Å². The average Bonchev–Trinajstić information content (AvgIpc) is 2.37. The molecule has 0 saturated carbocycles. The van der Waals surface area contributed by atoms with E-state index >= 15 is 0 Å². The summed E-state index contributed by atoms with van der Waals surface area (Å²) < 4.78 is 14.0. The highest BCUT2D eigenvalue weighted by atomic mass is 19.1. The largest absolute Gasteiger partial charge is 0.478 e. The van der Waals surface area contributed by atoms with E-state index in [1.165, 1.54) is 6.07 Å². The Hall–Kier alpha value is -1.62. The molecule has 1 N–H and O–H groups in total. The molecule has 0 radical (unpaired) electrons. The summed E-state index contributed by atoms with van der Waals surface area (Å²) in [6.45, 7) is 1.97. The second-order valence-electron chi connectivity index (χ2n) is 5.14. The second-order valence-corrected chi connectivity index (χ2v) is 5.14. The molecule has 5 heteroatoms. The number of nitrogens with zero attached hydrogens (tertiary/aromatic N) is 2. The van der Waals surface area contributed by atoms with Crippen LogP contribution in [0.5, 0.6) is 0 Å². The smallest absolute Gasteiger partial charge is 0.335 e. The Labute approximate surface area is 112 Å². The summed E-state index contributed by atoms with van der Waals surface area (Å²) in [6, 6.07) is 4.35. The van der Waals surface area contributed by atoms with E-state index in [2.05, 4.69) is 11.9 Å². The van der Waals surface area contributed by atoms with Gasteiger partial charge in [0.05, 0.1) is 11.3 Å². The molecule has 1 aromatic rings. The van der Waals surface area contributed by atoms with Crippen LogP contribution in [0, 0.1) is 5.82 Å². The number of aromatic carboxylic acids is 1. The summed E-state index contributed by atoms with van der Waals surface area (Å²) in [7, 11) is 3.92. The standard InChI is InChI=1S/C14H19FN2O2/c1-16-7-3-4-11(9-16)17(2)13-6-5-10(14(18)19)8-12(13)15/h5-6,8,11H,3-4,7,9H2,1-2H3,(H,18,19). The third-order valence-electron chi connectivity index (χ3n) is 3.72. The molecule has 4 nitrogen and oxygen atoms in total. The molecule has 0 bridgehead atoms. The van der Waals surface area contributed by atoms with Crippen LogP contribution in [0.25, 0.3) is 0 Å². The fourth-order valence-corrected chi connectivity index (χ4v) is 2.58. The van der Waals surface area contributed by atoms with Crippen LogP contribution < -0.4 is 4.90 Å². The van der Waals surface area contributed by atoms with E-state index in [0.29, 0.717) is 5.69 Å². The monoisotopic (exact) mass is 266 g/mol. The highest BCUT2D eigenvalue weighted by molar-refractivity contribution is 5.88. The molecule has 1 heterocycles. The van der Waals surface area contributed by atoms with Crippen molar-refractivity contribution >= 4 is 11.7 Å². The molecule has 0 aliphatic carbocycles. The first-order valence-electron chi connectivity index (χ1n) is 6.43. The minimum atomic E-state index is -1.11. The van der Waals surface area contributed by atoms with Crippen LogP contribution in [0.2, 0.25) is 0 Å². The van der Waals surface area contributed by atoms with E-state index in [9.17, 15) is 9.18 Å². The van der Waals surface area contributed by atoms with Gasteiger partial charge in [-0.15, -0.1) is 0 Å². The number of likely N-dealkylation sites (N-methyl/N-ethyl adjacent to an activating group) is 2. The molecular formula is C14H19FN2O2. The van der Waals surface area contributed by atoms with Gasteiger partial charge in [0.2, 0.25) is 0 Å². The van der Waals surface area contributed by atoms with Crippen molar-refractivity contribution in [2.24, 2.45) is 0 Å². The lowest BCUT2D eigenvalue weighted by Gasteiger charge is -2.37. The summed E-state index contributed by atoms with van der Waals surface area (Å²) in [6.07, 6.45) is 2.13. The first-order valence-corrected chi connectivity index (χ1v) is 6.43. The van der Waals surface area contributed by atoms with Gasteiger partial charge in [0.25, 0.3) is 0 Å². The molecule has 1 fully saturated rings. The van der Waals surface area contributed by atoms with E-state index in [0.717, 1.165) is 32.0 Å². The molecule has 1 aliphatic rings. The Kier molecular flexibility index (Phi) is 4.04. The van der Waals surface area contributed by atoms with Crippen LogP contribution in [0.4, 0.5) is 10.1 Å². The quantitative estimate of drug-likeness (QED) is 0.909. The van der Waals surface area contributed by atoms with Crippen molar-refractivity contribution in [2.45, 2.75) is 18.9 Å². The number of piperidine rings is 1. The summed E-state index contributed by atoms with van der Waals surface area (Å²) in [5, 5.41) is 8.84. The van der Waals surface area contributed by atoms with Gasteiger partial charge in [0.1, 0.15) is 5.82 Å². The first kappa shape index (κ1) is 13.8. The summed E-state index contributed by atoms with van der Waals surface area (Å²) in [4.78, 5) is 14.9. The number of hydrogen-bond acceptors (Lipinski definition) is 3. The van der Waals surface area contributed by atoms with Gasteiger partial charge in [-0.25, -0.2) is 9.18 Å². The first-order chi connectivity index (χ1) is 8.99. The van der Waals surface area contributed by atoms with Crippen LogP contribution in [0.3, 0.4) is 0 Å². The SMILES string of the molecule is CN1CCCC(N(C)c2ccc(C(=O)O)cc2F)C1. The zero-order valence-electron chi connectivity index (χ0n) is 11.3. The van der Waals surface area contributed by atoms with Crippen molar-refractivity contribution in [3.8, 4) is 0 Å². The van der Waals surface area contributed by atoms with Gasteiger partial charge in [-0.2, -0.15) is 0 Å². The molecule has 104 valence electrons. The van der Waals surface area contributed by atoms with Gasteiger partial charge >= 0.3 is 5.97 Å². The normalized spacial score (nSPS) is 20.3. The fourth-order valence-electron chi connectivity index (χ4n) is 2.58. The second kappa shape index (κ2) is 5.57. The Morgan fingerprint density at radius 1 is 1.53 bits per heavy atom. The fraction of sp³-hybridized carbons (Fsp3) is 0.500. The molecule has 2 rings (SSSR count). The van der Waals surface area contributed by atoms with Gasteiger partial charge in [-0.05, 0) is 44.6 Å². The maximum Gasteiger partial charge on any atom is 0.335 e. The van der Waals surface area contributed by atoms with Crippen molar-refractivity contribution < 1.29 is 14.3 Å². The van der Waals surface area contributed by atoms with E-state index < -0.39 is 11.8 Å². The van der Waals surface area contributed by atoms with Crippen LogP contribution in [0.1, 0.15) is 23.2 Å². The maximum absolute atomic E-state index is 14.0. The van der Waals surface area contributed by atoms with Crippen molar-refractivity contribution in [1.29, 1.82) is 0 Å². The predicted molar refractivity (Wildman–Crippen MR) is 72.3 cm³/mol. The van der Waals surface area contributed by atoms with E-state index in [4.69, 9.17) is 5.11 Å². The zero-order chi connectivity index (χ0) is 14.0. The molecule has 0 aromatic heterocycles. The molecule has 0 spiro atoms. The van der Waals surface area contributed by atoms with Gasteiger partial charge in [-0.1, -0.05) is 0 Å². The van der Waals surface area contributed by atoms with Crippen LogP contribution in [-0.2, 0) is 0 Å². The lowest BCUT2D eigenvalue weighted by molar-refractivity contribution is 0.0696. The number of anilines is 1. The molecule has 0 amide bonds. The molecule has 1 aliphatic heterocycles. The number of rotatable bonds is 3. The Balaban J connectivity index is 2.19. The molecule has 1 saturated heterocycles. The lowest BCUT2D eigenvalue weighted by atomic mass is 10.0. The predicted octanol–water partition coefficient (Wildman–Crippen LogP) is 2.05. The summed E-state index contributed by atoms with van der Waals surface area (Å²) in [5.74, 6) is -1.58. The van der Waals surface area contributed by atoms with Crippen molar-refractivity contribution in [1.82, 2.24) is 4.90 Å². The number of benzene rings is 1. The van der Waals surface area contributed by atoms with Crippen LogP contribution in [-0.4, -0.2) is 49.2 Å². The van der Waals surface area contributed by atoms with E-state index in [1.54, 1.807) is 6.07 Å². The number of carboxylic acid groups (broad SMARTS) is 1.